The highest BCUT2D eigenvalue weighted by molar-refractivity contribution is 6.34. The van der Waals surface area contributed by atoms with Crippen molar-refractivity contribution in [2.75, 3.05) is 19.0 Å². The highest BCUT2D eigenvalue weighted by Crippen LogP contribution is 2.21. The zero-order chi connectivity index (χ0) is 19.8. The van der Waals surface area contributed by atoms with Gasteiger partial charge >= 0.3 is 0 Å². The number of benzene rings is 2. The number of carbonyl (C=O) groups is 2. The van der Waals surface area contributed by atoms with Gasteiger partial charge < -0.3 is 21.1 Å². The lowest BCUT2D eigenvalue weighted by Crippen LogP contribution is -2.28. The zero-order valence-electron chi connectivity index (χ0n) is 15.2. The van der Waals surface area contributed by atoms with Crippen LogP contribution in [-0.2, 0) is 16.1 Å². The molecule has 2 aromatic rings. The van der Waals surface area contributed by atoms with Gasteiger partial charge in [0, 0.05) is 31.5 Å². The van der Waals surface area contributed by atoms with Crippen LogP contribution in [0, 0.1) is 5.82 Å². The van der Waals surface area contributed by atoms with E-state index in [2.05, 4.69) is 10.6 Å². The molecule has 2 rings (SSSR count). The molecule has 0 saturated heterocycles. The van der Waals surface area contributed by atoms with E-state index in [1.807, 2.05) is 0 Å². The second-order valence-corrected chi connectivity index (χ2v) is 6.22. The van der Waals surface area contributed by atoms with Crippen molar-refractivity contribution in [3.8, 4) is 0 Å². The van der Waals surface area contributed by atoms with Gasteiger partial charge in [-0.3, -0.25) is 9.59 Å². The summed E-state index contributed by atoms with van der Waals surface area (Å²) >= 11 is 6.09. The highest BCUT2D eigenvalue weighted by atomic mass is 35.5. The van der Waals surface area contributed by atoms with Gasteiger partial charge in [0.2, 0.25) is 5.91 Å². The molecule has 9 heteroatoms. The molecule has 2 amide bonds. The van der Waals surface area contributed by atoms with E-state index in [0.717, 1.165) is 0 Å². The topological polar surface area (TPSA) is 93.4 Å². The quantitative estimate of drug-likeness (QED) is 0.600. The van der Waals surface area contributed by atoms with E-state index in [9.17, 15) is 14.0 Å². The second kappa shape index (κ2) is 11.6. The second-order valence-electron chi connectivity index (χ2n) is 5.81. The fraction of sp³-hybridized carbons (Fsp3) is 0.263. The number of anilines is 1. The zero-order valence-corrected chi connectivity index (χ0v) is 16.8. The SMILES string of the molecule is COC(CN)CC(=O)Nc1ccc(Cl)c(C(=O)NCc2ccccc2F)c1.Cl. The lowest BCUT2D eigenvalue weighted by Gasteiger charge is -2.13. The number of nitrogens with one attached hydrogen (secondary N) is 2. The largest absolute Gasteiger partial charge is 0.380 e. The fourth-order valence-electron chi connectivity index (χ4n) is 2.37. The molecule has 6 nitrogen and oxygen atoms in total. The maximum atomic E-state index is 13.6. The molecule has 0 bridgehead atoms. The Morgan fingerprint density at radius 1 is 1.25 bits per heavy atom. The van der Waals surface area contributed by atoms with Crippen molar-refractivity contribution >= 4 is 41.5 Å². The van der Waals surface area contributed by atoms with Gasteiger partial charge in [0.15, 0.2) is 0 Å². The summed E-state index contributed by atoms with van der Waals surface area (Å²) in [5.74, 6) is -1.18. The number of carbonyl (C=O) groups excluding carboxylic acids is 2. The fourth-order valence-corrected chi connectivity index (χ4v) is 2.57. The first-order chi connectivity index (χ1) is 12.9. The number of hydrogen-bond acceptors (Lipinski definition) is 4. The van der Waals surface area contributed by atoms with Gasteiger partial charge in [-0.2, -0.15) is 0 Å². The standard InChI is InChI=1S/C19H21ClFN3O3.ClH/c1-27-14(10-22)9-18(25)24-13-6-7-16(20)15(8-13)19(26)23-11-12-4-2-3-5-17(12)21;/h2-8,14H,9-11,22H2,1H3,(H,23,26)(H,24,25);1H. The number of methoxy groups -OCH3 is 1. The Labute approximate surface area is 174 Å². The first-order valence-corrected chi connectivity index (χ1v) is 8.66. The van der Waals surface area contributed by atoms with Crippen LogP contribution in [0.1, 0.15) is 22.3 Å². The number of amides is 2. The van der Waals surface area contributed by atoms with E-state index < -0.39 is 11.7 Å². The number of ether oxygens (including phenoxy) is 1. The molecule has 0 spiro atoms. The van der Waals surface area contributed by atoms with Crippen molar-refractivity contribution in [1.82, 2.24) is 5.32 Å². The molecule has 0 aliphatic rings. The molecule has 0 aromatic heterocycles. The Balaban J connectivity index is 0.00000392. The molecular weight excluding hydrogens is 408 g/mol. The van der Waals surface area contributed by atoms with Crippen molar-refractivity contribution in [2.24, 2.45) is 5.73 Å². The molecule has 0 saturated carbocycles. The number of rotatable bonds is 8. The first kappa shape index (κ1) is 23.8. The summed E-state index contributed by atoms with van der Waals surface area (Å²) in [5, 5.41) is 5.51. The molecule has 4 N–H and O–H groups in total. The van der Waals surface area contributed by atoms with Crippen molar-refractivity contribution in [1.29, 1.82) is 0 Å². The molecule has 152 valence electrons. The van der Waals surface area contributed by atoms with Crippen LogP contribution in [0.25, 0.3) is 0 Å². The Morgan fingerprint density at radius 2 is 1.96 bits per heavy atom. The predicted molar refractivity (Wildman–Crippen MR) is 109 cm³/mol. The van der Waals surface area contributed by atoms with Crippen LogP contribution in [0.15, 0.2) is 42.5 Å². The summed E-state index contributed by atoms with van der Waals surface area (Å²) < 4.78 is 18.7. The van der Waals surface area contributed by atoms with Crippen LogP contribution < -0.4 is 16.4 Å². The van der Waals surface area contributed by atoms with Crippen LogP contribution in [0.3, 0.4) is 0 Å². The van der Waals surface area contributed by atoms with Gasteiger partial charge in [0.05, 0.1) is 23.1 Å². The van der Waals surface area contributed by atoms with Crippen LogP contribution >= 0.6 is 24.0 Å². The summed E-state index contributed by atoms with van der Waals surface area (Å²) in [5.41, 5.74) is 6.44. The summed E-state index contributed by atoms with van der Waals surface area (Å²) in [4.78, 5) is 24.4. The first-order valence-electron chi connectivity index (χ1n) is 8.28. The minimum Gasteiger partial charge on any atom is -0.380 e. The number of nitrogens with two attached hydrogens (primary N) is 1. The molecule has 0 heterocycles. The van der Waals surface area contributed by atoms with Gasteiger partial charge in [-0.25, -0.2) is 4.39 Å². The van der Waals surface area contributed by atoms with E-state index in [4.69, 9.17) is 22.1 Å². The van der Waals surface area contributed by atoms with Crippen molar-refractivity contribution in [3.05, 3.63) is 64.4 Å². The van der Waals surface area contributed by atoms with E-state index in [1.54, 1.807) is 24.3 Å². The Bertz CT molecular complexity index is 817. The normalized spacial score (nSPS) is 11.3. The van der Waals surface area contributed by atoms with Gasteiger partial charge in [0.1, 0.15) is 5.82 Å². The molecule has 1 unspecified atom stereocenters. The summed E-state index contributed by atoms with van der Waals surface area (Å²) in [6.45, 7) is 0.235. The third-order valence-electron chi connectivity index (χ3n) is 3.90. The number of hydrogen-bond donors (Lipinski definition) is 3. The molecular formula is C19H22Cl2FN3O3. The third kappa shape index (κ3) is 6.76. The highest BCUT2D eigenvalue weighted by Gasteiger charge is 2.15. The van der Waals surface area contributed by atoms with E-state index in [1.165, 1.54) is 25.3 Å². The van der Waals surface area contributed by atoms with Gasteiger partial charge in [-0.1, -0.05) is 29.8 Å². The Hall–Kier alpha value is -2.19. The van der Waals surface area contributed by atoms with E-state index in [0.29, 0.717) is 11.3 Å². The van der Waals surface area contributed by atoms with Gasteiger partial charge in [0.25, 0.3) is 5.91 Å². The molecule has 0 fully saturated rings. The monoisotopic (exact) mass is 429 g/mol. The average Bonchev–Trinajstić information content (AvgIpc) is 2.66. The lowest BCUT2D eigenvalue weighted by molar-refractivity contribution is -0.118. The Kier molecular flexibility index (Phi) is 9.89. The van der Waals surface area contributed by atoms with Crippen LogP contribution in [-0.4, -0.2) is 31.6 Å². The maximum Gasteiger partial charge on any atom is 0.253 e. The molecule has 2 aromatic carbocycles. The smallest absolute Gasteiger partial charge is 0.253 e. The van der Waals surface area contributed by atoms with Crippen molar-refractivity contribution in [3.63, 3.8) is 0 Å². The lowest BCUT2D eigenvalue weighted by atomic mass is 10.1. The molecule has 0 radical (unpaired) electrons. The Morgan fingerprint density at radius 3 is 2.61 bits per heavy atom. The maximum absolute atomic E-state index is 13.6. The average molecular weight is 430 g/mol. The van der Waals surface area contributed by atoms with Crippen LogP contribution in [0.4, 0.5) is 10.1 Å². The summed E-state index contributed by atoms with van der Waals surface area (Å²) in [6, 6.07) is 10.7. The van der Waals surface area contributed by atoms with Crippen molar-refractivity contribution < 1.29 is 18.7 Å². The summed E-state index contributed by atoms with van der Waals surface area (Å²) in [7, 11) is 1.48. The molecule has 0 aliphatic carbocycles. The minimum atomic E-state index is -0.476. The molecule has 1 atom stereocenters. The minimum absolute atomic E-state index is 0. The van der Waals surface area contributed by atoms with E-state index >= 15 is 0 Å². The third-order valence-corrected chi connectivity index (χ3v) is 4.23. The predicted octanol–water partition coefficient (Wildman–Crippen LogP) is 3.13. The molecule has 0 aliphatic heterocycles. The van der Waals surface area contributed by atoms with Gasteiger partial charge in [-0.05, 0) is 24.3 Å². The number of halogens is 3. The van der Waals surface area contributed by atoms with Crippen molar-refractivity contribution in [2.45, 2.75) is 19.1 Å². The van der Waals surface area contributed by atoms with E-state index in [-0.39, 0.29) is 54.5 Å². The van der Waals surface area contributed by atoms with Gasteiger partial charge in [-0.15, -0.1) is 12.4 Å². The summed E-state index contributed by atoms with van der Waals surface area (Å²) in [6.07, 6.45) is -0.300. The van der Waals surface area contributed by atoms with Crippen LogP contribution in [0.5, 0.6) is 0 Å². The molecule has 28 heavy (non-hydrogen) atoms. The van der Waals surface area contributed by atoms with Crippen LogP contribution in [0.2, 0.25) is 5.02 Å².